The van der Waals surface area contributed by atoms with Crippen LogP contribution in [0.25, 0.3) is 0 Å². The monoisotopic (exact) mass is 574 g/mol. The predicted molar refractivity (Wildman–Crippen MR) is 132 cm³/mol. The fourth-order valence-corrected chi connectivity index (χ4v) is 6.02. The fraction of sp³-hybridized carbons (Fsp3) is 0.435. The highest BCUT2D eigenvalue weighted by Crippen LogP contribution is 2.40. The summed E-state index contributed by atoms with van der Waals surface area (Å²) in [4.78, 5) is 0. The quantitative estimate of drug-likeness (QED) is 0.360. The second-order valence-corrected chi connectivity index (χ2v) is 11.0. The van der Waals surface area contributed by atoms with Crippen molar-refractivity contribution in [3.63, 3.8) is 0 Å². The third-order valence-corrected chi connectivity index (χ3v) is 8.00. The first-order chi connectivity index (χ1) is 15.2. The summed E-state index contributed by atoms with van der Waals surface area (Å²) in [6.07, 6.45) is 2.16. The minimum Gasteiger partial charge on any atom is -0.457 e. The number of sulfonamides is 1. The average Bonchev–Trinajstić information content (AvgIpc) is 2.71. The SMILES string of the molecule is CC1(C)OC(N[C@@H](CCO)c2ccccc2F)=NS(=O)(=O)C1c1ccc(CCCI)cc1. The van der Waals surface area contributed by atoms with Gasteiger partial charge >= 0.3 is 6.02 Å². The number of nitrogens with one attached hydrogen (secondary N) is 1. The van der Waals surface area contributed by atoms with Crippen molar-refractivity contribution in [2.75, 3.05) is 11.0 Å². The minimum atomic E-state index is -3.97. The number of halogens is 2. The molecule has 6 nitrogen and oxygen atoms in total. The molecule has 1 aliphatic heterocycles. The van der Waals surface area contributed by atoms with Crippen LogP contribution >= 0.6 is 22.6 Å². The Hall–Kier alpha value is -1.72. The number of ether oxygens (including phenoxy) is 1. The highest BCUT2D eigenvalue weighted by molar-refractivity contribution is 14.1. The van der Waals surface area contributed by atoms with E-state index in [0.717, 1.165) is 22.8 Å². The number of rotatable bonds is 8. The molecule has 0 amide bonds. The lowest BCUT2D eigenvalue weighted by atomic mass is 9.96. The van der Waals surface area contributed by atoms with Crippen LogP contribution in [0, 0.1) is 5.82 Å². The van der Waals surface area contributed by atoms with Crippen LogP contribution in [-0.2, 0) is 21.2 Å². The van der Waals surface area contributed by atoms with Gasteiger partial charge in [0.05, 0.1) is 6.04 Å². The molecule has 2 aromatic carbocycles. The molecule has 1 heterocycles. The highest BCUT2D eigenvalue weighted by atomic mass is 127. The number of aryl methyl sites for hydroxylation is 1. The van der Waals surface area contributed by atoms with Gasteiger partial charge in [-0.2, -0.15) is 0 Å². The summed E-state index contributed by atoms with van der Waals surface area (Å²) in [6, 6.07) is 12.8. The number of aliphatic hydroxyl groups is 1. The number of nitrogens with zero attached hydrogens (tertiary/aromatic N) is 1. The maximum Gasteiger partial charge on any atom is 0.301 e. The van der Waals surface area contributed by atoms with E-state index in [-0.39, 0.29) is 19.0 Å². The Balaban J connectivity index is 1.89. The zero-order chi connectivity index (χ0) is 23.4. The van der Waals surface area contributed by atoms with Crippen LogP contribution in [0.4, 0.5) is 4.39 Å². The lowest BCUT2D eigenvalue weighted by Gasteiger charge is -2.38. The molecule has 0 saturated carbocycles. The zero-order valence-electron chi connectivity index (χ0n) is 18.1. The largest absolute Gasteiger partial charge is 0.457 e. The van der Waals surface area contributed by atoms with Gasteiger partial charge < -0.3 is 15.2 Å². The fourth-order valence-electron chi connectivity index (χ4n) is 3.95. The molecule has 1 aliphatic rings. The summed E-state index contributed by atoms with van der Waals surface area (Å²) in [5, 5.41) is 11.3. The smallest absolute Gasteiger partial charge is 0.301 e. The van der Waals surface area contributed by atoms with E-state index in [0.29, 0.717) is 11.1 Å². The maximum absolute atomic E-state index is 14.3. The second kappa shape index (κ2) is 10.5. The number of hydrogen-bond acceptors (Lipinski definition) is 5. The van der Waals surface area contributed by atoms with E-state index in [1.54, 1.807) is 32.0 Å². The van der Waals surface area contributed by atoms with Crippen LogP contribution in [0.2, 0.25) is 0 Å². The molecule has 0 bridgehead atoms. The summed E-state index contributed by atoms with van der Waals surface area (Å²) in [6.45, 7) is 3.17. The molecule has 0 saturated heterocycles. The van der Waals surface area contributed by atoms with E-state index in [1.165, 1.54) is 6.07 Å². The molecular weight excluding hydrogens is 546 g/mol. The van der Waals surface area contributed by atoms with Gasteiger partial charge in [0.25, 0.3) is 10.0 Å². The van der Waals surface area contributed by atoms with Gasteiger partial charge in [0.1, 0.15) is 16.7 Å². The molecule has 0 aliphatic carbocycles. The number of aliphatic hydroxyl groups excluding tert-OH is 1. The van der Waals surface area contributed by atoms with E-state index in [4.69, 9.17) is 4.74 Å². The van der Waals surface area contributed by atoms with Crippen LogP contribution in [0.5, 0.6) is 0 Å². The summed E-state index contributed by atoms with van der Waals surface area (Å²) in [5.74, 6) is -0.461. The molecule has 0 fully saturated rings. The van der Waals surface area contributed by atoms with Crippen molar-refractivity contribution < 1.29 is 22.7 Å². The molecule has 2 N–H and O–H groups in total. The minimum absolute atomic E-state index is 0.159. The van der Waals surface area contributed by atoms with Gasteiger partial charge in [0, 0.05) is 12.2 Å². The maximum atomic E-state index is 14.3. The van der Waals surface area contributed by atoms with Crippen molar-refractivity contribution >= 4 is 38.6 Å². The first kappa shape index (κ1) is 24.9. The second-order valence-electron chi connectivity index (χ2n) is 8.26. The molecule has 2 aromatic rings. The van der Waals surface area contributed by atoms with Crippen molar-refractivity contribution in [2.45, 2.75) is 50.0 Å². The van der Waals surface area contributed by atoms with E-state index in [9.17, 15) is 17.9 Å². The molecule has 0 radical (unpaired) electrons. The predicted octanol–water partition coefficient (Wildman–Crippen LogP) is 4.44. The van der Waals surface area contributed by atoms with Crippen LogP contribution in [0.3, 0.4) is 0 Å². The molecule has 1 unspecified atom stereocenters. The van der Waals surface area contributed by atoms with Gasteiger partial charge in [0.2, 0.25) is 0 Å². The molecular formula is C23H28FIN2O4S. The lowest BCUT2D eigenvalue weighted by Crippen LogP contribution is -2.47. The van der Waals surface area contributed by atoms with Gasteiger partial charge in [-0.25, -0.2) is 12.8 Å². The average molecular weight is 574 g/mol. The van der Waals surface area contributed by atoms with E-state index in [2.05, 4.69) is 32.3 Å². The molecule has 0 spiro atoms. The third-order valence-electron chi connectivity index (χ3n) is 5.38. The molecule has 3 rings (SSSR count). The number of hydrogen-bond donors (Lipinski definition) is 2. The Morgan fingerprint density at radius 3 is 2.50 bits per heavy atom. The van der Waals surface area contributed by atoms with Crippen molar-refractivity contribution in [1.82, 2.24) is 5.32 Å². The van der Waals surface area contributed by atoms with Gasteiger partial charge in [0.15, 0.2) is 0 Å². The van der Waals surface area contributed by atoms with Gasteiger partial charge in [-0.05, 0) is 54.7 Å². The Morgan fingerprint density at radius 2 is 1.91 bits per heavy atom. The Kier molecular flexibility index (Phi) is 8.16. The van der Waals surface area contributed by atoms with E-state index < -0.39 is 32.7 Å². The van der Waals surface area contributed by atoms with Crippen LogP contribution in [0.1, 0.15) is 54.7 Å². The van der Waals surface area contributed by atoms with E-state index >= 15 is 0 Å². The number of alkyl halides is 1. The Labute approximate surface area is 202 Å². The van der Waals surface area contributed by atoms with Gasteiger partial charge in [-0.1, -0.05) is 65.1 Å². The first-order valence-electron chi connectivity index (χ1n) is 10.5. The summed E-state index contributed by atoms with van der Waals surface area (Å²) in [5.41, 5.74) is 0.940. The normalized spacial score (nSPS) is 20.2. The first-order valence-corrected chi connectivity index (χ1v) is 13.5. The van der Waals surface area contributed by atoms with Crippen molar-refractivity contribution in [3.8, 4) is 0 Å². The van der Waals surface area contributed by atoms with Crippen molar-refractivity contribution in [3.05, 3.63) is 71.0 Å². The molecule has 2 atom stereocenters. The number of benzene rings is 2. The van der Waals surface area contributed by atoms with E-state index in [1.807, 2.05) is 24.3 Å². The Bertz CT molecular complexity index is 1060. The molecule has 9 heteroatoms. The molecule has 0 aromatic heterocycles. The Morgan fingerprint density at radius 1 is 1.22 bits per heavy atom. The van der Waals surface area contributed by atoms with Crippen molar-refractivity contribution in [1.29, 1.82) is 0 Å². The zero-order valence-corrected chi connectivity index (χ0v) is 21.1. The van der Waals surface area contributed by atoms with Crippen molar-refractivity contribution in [2.24, 2.45) is 4.40 Å². The van der Waals surface area contributed by atoms with Crippen LogP contribution in [-0.4, -0.2) is 36.2 Å². The van der Waals surface area contributed by atoms with Crippen LogP contribution in [0.15, 0.2) is 52.9 Å². The summed E-state index contributed by atoms with van der Waals surface area (Å²) in [7, 11) is -3.97. The molecule has 32 heavy (non-hydrogen) atoms. The number of amidine groups is 1. The van der Waals surface area contributed by atoms with Gasteiger partial charge in [-0.15, -0.1) is 4.40 Å². The highest BCUT2D eigenvalue weighted by Gasteiger charge is 2.47. The third kappa shape index (κ3) is 5.79. The standard InChI is InChI=1S/C23H28FIN2O4S/c1-23(2)21(17-11-9-16(10-12-17)6-5-14-25)32(29,30)27-22(31-23)26-20(13-15-28)18-7-3-4-8-19(18)24/h3-4,7-12,20-21,28H,5-6,13-15H2,1-2H3,(H,26,27)/t20-,21?/m0/s1. The van der Waals surface area contributed by atoms with Gasteiger partial charge in [-0.3, -0.25) is 0 Å². The lowest BCUT2D eigenvalue weighted by molar-refractivity contribution is 0.0759. The van der Waals surface area contributed by atoms with Crippen LogP contribution < -0.4 is 5.32 Å². The summed E-state index contributed by atoms with van der Waals surface area (Å²) >= 11 is 2.33. The summed E-state index contributed by atoms with van der Waals surface area (Å²) < 4.78 is 51.5. The topological polar surface area (TPSA) is 88.0 Å². The molecule has 174 valence electrons.